The predicted octanol–water partition coefficient (Wildman–Crippen LogP) is 2.20. The van der Waals surface area contributed by atoms with Gasteiger partial charge in [0, 0.05) is 12.6 Å². The molecular weight excluding hydrogens is 242 g/mol. The number of rotatable bonds is 8. The van der Waals surface area contributed by atoms with Gasteiger partial charge in [-0.15, -0.1) is 6.58 Å². The molecule has 19 heavy (non-hydrogen) atoms. The van der Waals surface area contributed by atoms with E-state index < -0.39 is 5.97 Å². The summed E-state index contributed by atoms with van der Waals surface area (Å²) in [6.07, 6.45) is 2.53. The van der Waals surface area contributed by atoms with Crippen LogP contribution in [-0.2, 0) is 11.2 Å². The Kier molecular flexibility index (Phi) is 6.09. The third kappa shape index (κ3) is 5.14. The molecular formula is C15H21NO3. The van der Waals surface area contributed by atoms with E-state index in [0.29, 0.717) is 6.54 Å². The van der Waals surface area contributed by atoms with Crippen LogP contribution in [0.25, 0.3) is 0 Å². The summed E-state index contributed by atoms with van der Waals surface area (Å²) in [5.41, 5.74) is 1.16. The lowest BCUT2D eigenvalue weighted by Crippen LogP contribution is -2.38. The van der Waals surface area contributed by atoms with Crippen LogP contribution in [0.4, 0.5) is 0 Å². The summed E-state index contributed by atoms with van der Waals surface area (Å²) >= 11 is 0. The van der Waals surface area contributed by atoms with E-state index in [0.717, 1.165) is 17.7 Å². The van der Waals surface area contributed by atoms with Crippen molar-refractivity contribution in [2.75, 3.05) is 20.2 Å². The van der Waals surface area contributed by atoms with Gasteiger partial charge in [0.25, 0.3) is 0 Å². The molecule has 1 aromatic rings. The van der Waals surface area contributed by atoms with E-state index in [1.807, 2.05) is 36.1 Å². The number of carboxylic acids is 1. The third-order valence-electron chi connectivity index (χ3n) is 3.02. The van der Waals surface area contributed by atoms with Crippen LogP contribution in [-0.4, -0.2) is 42.2 Å². The van der Waals surface area contributed by atoms with Crippen molar-refractivity contribution in [3.63, 3.8) is 0 Å². The Balaban J connectivity index is 2.65. The molecule has 4 heteroatoms. The van der Waals surface area contributed by atoms with Crippen LogP contribution in [0.1, 0.15) is 12.5 Å². The fraction of sp³-hybridized carbons (Fsp3) is 0.400. The molecule has 0 amide bonds. The lowest BCUT2D eigenvalue weighted by atomic mass is 10.1. The molecule has 1 rings (SSSR count). The summed E-state index contributed by atoms with van der Waals surface area (Å²) in [4.78, 5) is 12.7. The Morgan fingerprint density at radius 1 is 1.47 bits per heavy atom. The van der Waals surface area contributed by atoms with Gasteiger partial charge in [-0.3, -0.25) is 9.69 Å². The maximum absolute atomic E-state index is 10.8. The Bertz CT molecular complexity index is 414. The van der Waals surface area contributed by atoms with Gasteiger partial charge < -0.3 is 9.84 Å². The van der Waals surface area contributed by atoms with E-state index in [9.17, 15) is 4.79 Å². The highest BCUT2D eigenvalue weighted by molar-refractivity contribution is 5.69. The van der Waals surface area contributed by atoms with Crippen molar-refractivity contribution in [2.24, 2.45) is 0 Å². The summed E-state index contributed by atoms with van der Waals surface area (Å²) < 4.78 is 5.11. The molecule has 0 fully saturated rings. The van der Waals surface area contributed by atoms with Gasteiger partial charge in [0.15, 0.2) is 0 Å². The first kappa shape index (κ1) is 15.2. The number of methoxy groups -OCH3 is 1. The Morgan fingerprint density at radius 3 is 2.58 bits per heavy atom. The molecule has 0 radical (unpaired) electrons. The van der Waals surface area contributed by atoms with Gasteiger partial charge in [-0.05, 0) is 31.0 Å². The van der Waals surface area contributed by atoms with Crippen molar-refractivity contribution >= 4 is 5.97 Å². The topological polar surface area (TPSA) is 49.8 Å². The highest BCUT2D eigenvalue weighted by Gasteiger charge is 2.15. The van der Waals surface area contributed by atoms with Gasteiger partial charge in [-0.2, -0.15) is 0 Å². The molecule has 0 aliphatic heterocycles. The second kappa shape index (κ2) is 7.59. The van der Waals surface area contributed by atoms with Crippen LogP contribution < -0.4 is 4.74 Å². The molecule has 1 N–H and O–H groups in total. The summed E-state index contributed by atoms with van der Waals surface area (Å²) in [6, 6.07) is 7.97. The van der Waals surface area contributed by atoms with Crippen molar-refractivity contribution in [3.05, 3.63) is 42.5 Å². The number of ether oxygens (including phenoxy) is 1. The molecule has 0 aromatic heterocycles. The SMILES string of the molecule is C=CCN(CC(=O)O)C(C)Cc1ccc(OC)cc1. The van der Waals surface area contributed by atoms with Crippen molar-refractivity contribution < 1.29 is 14.6 Å². The predicted molar refractivity (Wildman–Crippen MR) is 75.6 cm³/mol. The molecule has 0 spiro atoms. The summed E-state index contributed by atoms with van der Waals surface area (Å²) in [6.45, 7) is 6.30. The van der Waals surface area contributed by atoms with Crippen LogP contribution in [0.3, 0.4) is 0 Å². The van der Waals surface area contributed by atoms with Gasteiger partial charge in [-0.25, -0.2) is 0 Å². The van der Waals surface area contributed by atoms with Crippen molar-refractivity contribution in [2.45, 2.75) is 19.4 Å². The summed E-state index contributed by atoms with van der Waals surface area (Å²) in [5, 5.41) is 8.90. The molecule has 0 saturated carbocycles. The Hall–Kier alpha value is -1.81. The summed E-state index contributed by atoms with van der Waals surface area (Å²) in [5.74, 6) is 0.00770. The fourth-order valence-electron chi connectivity index (χ4n) is 1.97. The fourth-order valence-corrected chi connectivity index (χ4v) is 1.97. The van der Waals surface area contributed by atoms with E-state index >= 15 is 0 Å². The molecule has 4 nitrogen and oxygen atoms in total. The largest absolute Gasteiger partial charge is 0.497 e. The van der Waals surface area contributed by atoms with Crippen molar-refractivity contribution in [3.8, 4) is 5.75 Å². The normalized spacial score (nSPS) is 12.2. The van der Waals surface area contributed by atoms with E-state index in [2.05, 4.69) is 6.58 Å². The van der Waals surface area contributed by atoms with Crippen molar-refractivity contribution in [1.82, 2.24) is 4.90 Å². The van der Waals surface area contributed by atoms with Gasteiger partial charge in [0.2, 0.25) is 0 Å². The van der Waals surface area contributed by atoms with Crippen LogP contribution >= 0.6 is 0 Å². The molecule has 1 unspecified atom stereocenters. The molecule has 0 aliphatic carbocycles. The first-order chi connectivity index (χ1) is 9.06. The average Bonchev–Trinajstić information content (AvgIpc) is 2.38. The van der Waals surface area contributed by atoms with E-state index in [-0.39, 0.29) is 12.6 Å². The quantitative estimate of drug-likeness (QED) is 0.730. The zero-order valence-electron chi connectivity index (χ0n) is 11.5. The Morgan fingerprint density at radius 2 is 2.11 bits per heavy atom. The standard InChI is InChI=1S/C15H21NO3/c1-4-9-16(11-15(17)18)12(2)10-13-5-7-14(19-3)8-6-13/h4-8,12H,1,9-11H2,2-3H3,(H,17,18). The first-order valence-electron chi connectivity index (χ1n) is 6.26. The van der Waals surface area contributed by atoms with Crippen LogP contribution in [0.5, 0.6) is 5.75 Å². The van der Waals surface area contributed by atoms with Gasteiger partial charge in [0.1, 0.15) is 5.75 Å². The minimum absolute atomic E-state index is 0.0311. The number of nitrogens with zero attached hydrogens (tertiary/aromatic N) is 1. The third-order valence-corrected chi connectivity index (χ3v) is 3.02. The number of hydrogen-bond donors (Lipinski definition) is 1. The number of carbonyl (C=O) groups is 1. The monoisotopic (exact) mass is 263 g/mol. The molecule has 0 aliphatic rings. The zero-order valence-corrected chi connectivity index (χ0v) is 11.5. The number of hydrogen-bond acceptors (Lipinski definition) is 3. The average molecular weight is 263 g/mol. The molecule has 1 atom stereocenters. The number of aliphatic carboxylic acids is 1. The van der Waals surface area contributed by atoms with Gasteiger partial charge in [-0.1, -0.05) is 18.2 Å². The highest BCUT2D eigenvalue weighted by atomic mass is 16.5. The first-order valence-corrected chi connectivity index (χ1v) is 6.26. The molecule has 0 saturated heterocycles. The lowest BCUT2D eigenvalue weighted by molar-refractivity contribution is -0.138. The smallest absolute Gasteiger partial charge is 0.317 e. The molecule has 1 aromatic carbocycles. The van der Waals surface area contributed by atoms with Crippen molar-refractivity contribution in [1.29, 1.82) is 0 Å². The maximum atomic E-state index is 10.8. The number of benzene rings is 1. The van der Waals surface area contributed by atoms with E-state index in [1.54, 1.807) is 13.2 Å². The minimum atomic E-state index is -0.816. The van der Waals surface area contributed by atoms with Crippen LogP contribution in [0, 0.1) is 0 Å². The molecule has 104 valence electrons. The summed E-state index contributed by atoms with van der Waals surface area (Å²) in [7, 11) is 1.64. The maximum Gasteiger partial charge on any atom is 0.317 e. The lowest BCUT2D eigenvalue weighted by Gasteiger charge is -2.26. The molecule has 0 bridgehead atoms. The number of carboxylic acid groups (broad SMARTS) is 1. The molecule has 0 heterocycles. The van der Waals surface area contributed by atoms with Crippen LogP contribution in [0.15, 0.2) is 36.9 Å². The minimum Gasteiger partial charge on any atom is -0.497 e. The highest BCUT2D eigenvalue weighted by Crippen LogP contribution is 2.14. The zero-order chi connectivity index (χ0) is 14.3. The van der Waals surface area contributed by atoms with E-state index in [4.69, 9.17) is 9.84 Å². The second-order valence-corrected chi connectivity index (χ2v) is 4.51. The van der Waals surface area contributed by atoms with Gasteiger partial charge >= 0.3 is 5.97 Å². The van der Waals surface area contributed by atoms with Crippen LogP contribution in [0.2, 0.25) is 0 Å². The van der Waals surface area contributed by atoms with Gasteiger partial charge in [0.05, 0.1) is 13.7 Å². The van der Waals surface area contributed by atoms with E-state index in [1.165, 1.54) is 0 Å². The Labute approximate surface area is 114 Å². The second-order valence-electron chi connectivity index (χ2n) is 4.51.